The molecule has 0 heterocycles. The molecule has 0 fully saturated rings. The molecular weight excluding hydrogens is 220 g/mol. The zero-order valence-corrected chi connectivity index (χ0v) is 10.6. The van der Waals surface area contributed by atoms with Crippen LogP contribution in [0.5, 0.6) is 5.75 Å². The van der Waals surface area contributed by atoms with E-state index in [1.54, 1.807) is 0 Å². The first-order valence-corrected chi connectivity index (χ1v) is 6.09. The average Bonchev–Trinajstić information content (AvgIpc) is 2.28. The maximum Gasteiger partial charge on any atom is 0.134 e. The van der Waals surface area contributed by atoms with Gasteiger partial charge >= 0.3 is 0 Å². The summed E-state index contributed by atoms with van der Waals surface area (Å²) in [6, 6.07) is 6.07. The number of ether oxygens (including phenoxy) is 1. The fourth-order valence-electron chi connectivity index (χ4n) is 1.28. The second-order valence-electron chi connectivity index (χ2n) is 3.59. The molecule has 0 radical (unpaired) electrons. The van der Waals surface area contributed by atoms with Gasteiger partial charge in [-0.1, -0.05) is 24.8 Å². The van der Waals surface area contributed by atoms with Gasteiger partial charge in [0, 0.05) is 12.3 Å². The lowest BCUT2D eigenvalue weighted by Gasteiger charge is -2.07. The van der Waals surface area contributed by atoms with E-state index >= 15 is 0 Å². The van der Waals surface area contributed by atoms with Gasteiger partial charge in [0.15, 0.2) is 0 Å². The van der Waals surface area contributed by atoms with Crippen molar-refractivity contribution in [3.05, 3.63) is 29.3 Å². The van der Waals surface area contributed by atoms with Crippen molar-refractivity contribution in [2.24, 2.45) is 0 Å². The molecule has 0 spiro atoms. The molecule has 1 aromatic carbocycles. The molecule has 0 aliphatic rings. The summed E-state index contributed by atoms with van der Waals surface area (Å²) < 4.78 is 5.64. The van der Waals surface area contributed by atoms with Gasteiger partial charge in [0.2, 0.25) is 0 Å². The molecule has 1 nitrogen and oxygen atoms in total. The number of aryl methyl sites for hydroxylation is 1. The molecule has 0 aromatic heterocycles. The Morgan fingerprint density at radius 2 is 2.19 bits per heavy atom. The van der Waals surface area contributed by atoms with E-state index in [0.29, 0.717) is 12.3 Å². The van der Waals surface area contributed by atoms with Crippen LogP contribution in [0.2, 0.25) is 0 Å². The lowest BCUT2D eigenvalue weighted by Crippen LogP contribution is -1.97. The summed E-state index contributed by atoms with van der Waals surface area (Å²) in [6.07, 6.45) is 1.71. The monoisotopic (exact) mass is 236 g/mol. The van der Waals surface area contributed by atoms with Crippen molar-refractivity contribution < 1.29 is 4.74 Å². The van der Waals surface area contributed by atoms with E-state index < -0.39 is 0 Å². The largest absolute Gasteiger partial charge is 0.492 e. The van der Waals surface area contributed by atoms with Crippen LogP contribution in [-0.4, -0.2) is 12.5 Å². The van der Waals surface area contributed by atoms with Crippen LogP contribution in [0.1, 0.15) is 30.9 Å². The van der Waals surface area contributed by atoms with Gasteiger partial charge in [-0.15, -0.1) is 11.6 Å². The molecule has 0 saturated carbocycles. The third-order valence-corrected chi connectivity index (χ3v) is 2.23. The average molecular weight is 237 g/mol. The molecule has 0 bridgehead atoms. The summed E-state index contributed by atoms with van der Waals surface area (Å²) in [5, 5.41) is 0. The second-order valence-corrected chi connectivity index (χ2v) is 3.97. The summed E-state index contributed by atoms with van der Waals surface area (Å²) in [5.74, 6) is 7.58. The van der Waals surface area contributed by atoms with Crippen molar-refractivity contribution in [3.8, 4) is 17.6 Å². The van der Waals surface area contributed by atoms with Crippen molar-refractivity contribution in [1.29, 1.82) is 0 Å². The Morgan fingerprint density at radius 3 is 2.88 bits per heavy atom. The number of rotatable bonds is 4. The second kappa shape index (κ2) is 7.19. The summed E-state index contributed by atoms with van der Waals surface area (Å²) in [5.41, 5.74) is 2.15. The Balaban J connectivity index is 2.86. The highest BCUT2D eigenvalue weighted by atomic mass is 35.5. The topological polar surface area (TPSA) is 9.23 Å². The van der Waals surface area contributed by atoms with Crippen molar-refractivity contribution in [3.63, 3.8) is 0 Å². The maximum atomic E-state index is 5.64. The highest BCUT2D eigenvalue weighted by molar-refractivity contribution is 6.18. The van der Waals surface area contributed by atoms with Gasteiger partial charge < -0.3 is 4.74 Å². The van der Waals surface area contributed by atoms with Gasteiger partial charge in [-0.2, -0.15) is 0 Å². The molecule has 0 aliphatic heterocycles. The summed E-state index contributed by atoms with van der Waals surface area (Å²) in [4.78, 5) is 0. The smallest absolute Gasteiger partial charge is 0.134 e. The highest BCUT2D eigenvalue weighted by Crippen LogP contribution is 2.19. The molecule has 0 N–H and O–H groups in total. The minimum Gasteiger partial charge on any atom is -0.492 e. The van der Waals surface area contributed by atoms with E-state index in [1.165, 1.54) is 5.56 Å². The van der Waals surface area contributed by atoms with Crippen LogP contribution in [-0.2, 0) is 0 Å². The first-order chi connectivity index (χ1) is 7.77. The lowest BCUT2D eigenvalue weighted by atomic mass is 10.1. The first-order valence-electron chi connectivity index (χ1n) is 5.56. The van der Waals surface area contributed by atoms with E-state index in [4.69, 9.17) is 16.3 Å². The van der Waals surface area contributed by atoms with Crippen LogP contribution in [0.25, 0.3) is 0 Å². The molecule has 2 heteroatoms. The normalized spacial score (nSPS) is 9.44. The zero-order chi connectivity index (χ0) is 11.8. The predicted molar refractivity (Wildman–Crippen MR) is 69.2 cm³/mol. The van der Waals surface area contributed by atoms with Crippen molar-refractivity contribution in [1.82, 2.24) is 0 Å². The Labute approximate surface area is 103 Å². The molecule has 86 valence electrons. The van der Waals surface area contributed by atoms with Gasteiger partial charge in [0.1, 0.15) is 5.75 Å². The van der Waals surface area contributed by atoms with Crippen LogP contribution < -0.4 is 4.74 Å². The highest BCUT2D eigenvalue weighted by Gasteiger charge is 2.00. The Hall–Kier alpha value is -1.13. The van der Waals surface area contributed by atoms with Crippen LogP contribution >= 0.6 is 11.6 Å². The van der Waals surface area contributed by atoms with E-state index in [1.807, 2.05) is 18.2 Å². The predicted octanol–water partition coefficient (Wildman–Crippen LogP) is 3.76. The lowest BCUT2D eigenvalue weighted by molar-refractivity contribution is 0.316. The summed E-state index contributed by atoms with van der Waals surface area (Å²) in [6.45, 7) is 4.87. The fourth-order valence-corrected chi connectivity index (χ4v) is 1.38. The Kier molecular flexibility index (Phi) is 5.82. The van der Waals surface area contributed by atoms with Crippen molar-refractivity contribution in [2.45, 2.75) is 26.7 Å². The van der Waals surface area contributed by atoms with Gasteiger partial charge in [-0.05, 0) is 31.0 Å². The van der Waals surface area contributed by atoms with E-state index in [2.05, 4.69) is 25.7 Å². The molecule has 0 unspecified atom stereocenters. The van der Waals surface area contributed by atoms with Gasteiger partial charge in [0.05, 0.1) is 12.2 Å². The number of halogens is 1. The molecular formula is C14H17ClO. The minimum atomic E-state index is 0.573. The van der Waals surface area contributed by atoms with E-state index in [9.17, 15) is 0 Å². The Bertz CT molecular complexity index is 387. The molecule has 0 amide bonds. The van der Waals surface area contributed by atoms with Crippen LogP contribution in [0.4, 0.5) is 0 Å². The Morgan fingerprint density at radius 1 is 1.38 bits per heavy atom. The third-order valence-electron chi connectivity index (χ3n) is 2.04. The van der Waals surface area contributed by atoms with Gasteiger partial charge in [-0.25, -0.2) is 0 Å². The molecule has 0 atom stereocenters. The van der Waals surface area contributed by atoms with Gasteiger partial charge in [0.25, 0.3) is 0 Å². The SMILES string of the molecule is CCCOc1ccc(C)cc1C#CCCCl. The van der Waals surface area contributed by atoms with Crippen LogP contribution in [0.15, 0.2) is 18.2 Å². The fraction of sp³-hybridized carbons (Fsp3) is 0.429. The standard InChI is InChI=1S/C14H17ClO/c1-3-10-16-14-8-7-12(2)11-13(14)6-4-5-9-15/h7-8,11H,3,5,9-10H2,1-2H3. The van der Waals surface area contributed by atoms with Crippen LogP contribution in [0, 0.1) is 18.8 Å². The number of benzene rings is 1. The molecule has 1 rings (SSSR count). The van der Waals surface area contributed by atoms with Gasteiger partial charge in [-0.3, -0.25) is 0 Å². The van der Waals surface area contributed by atoms with Crippen molar-refractivity contribution >= 4 is 11.6 Å². The molecule has 0 saturated heterocycles. The van der Waals surface area contributed by atoms with E-state index in [-0.39, 0.29) is 0 Å². The molecule has 16 heavy (non-hydrogen) atoms. The molecule has 0 aliphatic carbocycles. The summed E-state index contributed by atoms with van der Waals surface area (Å²) >= 11 is 5.59. The third kappa shape index (κ3) is 4.16. The molecule has 1 aromatic rings. The maximum absolute atomic E-state index is 5.64. The number of alkyl halides is 1. The minimum absolute atomic E-state index is 0.573. The number of hydrogen-bond donors (Lipinski definition) is 0. The zero-order valence-electron chi connectivity index (χ0n) is 9.85. The van der Waals surface area contributed by atoms with Crippen molar-refractivity contribution in [2.75, 3.05) is 12.5 Å². The first kappa shape index (κ1) is 12.9. The van der Waals surface area contributed by atoms with Crippen LogP contribution in [0.3, 0.4) is 0 Å². The van der Waals surface area contributed by atoms with E-state index in [0.717, 1.165) is 24.3 Å². The summed E-state index contributed by atoms with van der Waals surface area (Å²) in [7, 11) is 0. The number of hydrogen-bond acceptors (Lipinski definition) is 1. The quantitative estimate of drug-likeness (QED) is 0.571.